The summed E-state index contributed by atoms with van der Waals surface area (Å²) in [5.74, 6) is -0.113. The van der Waals surface area contributed by atoms with E-state index in [4.69, 9.17) is 0 Å². The van der Waals surface area contributed by atoms with Gasteiger partial charge in [-0.1, -0.05) is 12.1 Å². The zero-order valence-corrected chi connectivity index (χ0v) is 11.5. The Bertz CT molecular complexity index is 643. The molecule has 0 saturated heterocycles. The molecule has 0 aliphatic rings. The first-order valence-corrected chi connectivity index (χ1v) is 6.05. The SMILES string of the molecule is Cc1cc(CNc2c([N+](=O)[O-])ncn2C)cc(C)c1F. The standard InChI is InChI=1S/C13H15FN4O2/c1-8-4-10(5-9(2)11(8)14)6-15-12-13(18(19)20)16-7-17(12)3/h4-5,7,15H,6H2,1-3H3. The van der Waals surface area contributed by atoms with Crippen LogP contribution in [0.2, 0.25) is 0 Å². The Morgan fingerprint density at radius 3 is 2.55 bits per heavy atom. The van der Waals surface area contributed by atoms with Crippen LogP contribution in [-0.4, -0.2) is 14.5 Å². The van der Waals surface area contributed by atoms with Gasteiger partial charge in [0.1, 0.15) is 5.82 Å². The number of nitro groups is 1. The first-order chi connectivity index (χ1) is 9.40. The lowest BCUT2D eigenvalue weighted by Gasteiger charge is -2.09. The van der Waals surface area contributed by atoms with Gasteiger partial charge in [-0.25, -0.2) is 4.39 Å². The minimum absolute atomic E-state index is 0.219. The molecule has 1 heterocycles. The average molecular weight is 278 g/mol. The van der Waals surface area contributed by atoms with Crippen molar-refractivity contribution in [2.45, 2.75) is 20.4 Å². The Kier molecular flexibility index (Phi) is 3.69. The maximum atomic E-state index is 13.5. The largest absolute Gasteiger partial charge is 0.406 e. The van der Waals surface area contributed by atoms with Crippen LogP contribution in [0.5, 0.6) is 0 Å². The minimum Gasteiger partial charge on any atom is -0.360 e. The van der Waals surface area contributed by atoms with Crippen LogP contribution in [-0.2, 0) is 13.6 Å². The number of rotatable bonds is 4. The smallest absolute Gasteiger partial charge is 0.360 e. The highest BCUT2D eigenvalue weighted by molar-refractivity contribution is 5.52. The summed E-state index contributed by atoms with van der Waals surface area (Å²) in [5.41, 5.74) is 1.97. The van der Waals surface area contributed by atoms with E-state index in [1.165, 1.54) is 6.33 Å². The highest BCUT2D eigenvalue weighted by atomic mass is 19.1. The third-order valence-corrected chi connectivity index (χ3v) is 3.05. The quantitative estimate of drug-likeness (QED) is 0.689. The predicted octanol–water partition coefficient (Wildman–Crippen LogP) is 2.70. The Morgan fingerprint density at radius 2 is 2.00 bits per heavy atom. The van der Waals surface area contributed by atoms with E-state index >= 15 is 0 Å². The van der Waals surface area contributed by atoms with Crippen LogP contribution in [0.3, 0.4) is 0 Å². The van der Waals surface area contributed by atoms with Crippen molar-refractivity contribution >= 4 is 11.6 Å². The summed E-state index contributed by atoms with van der Waals surface area (Å²) in [7, 11) is 1.67. The lowest BCUT2D eigenvalue weighted by Crippen LogP contribution is -2.06. The van der Waals surface area contributed by atoms with Gasteiger partial charge >= 0.3 is 5.82 Å². The molecule has 0 aliphatic heterocycles. The molecule has 0 bridgehead atoms. The first-order valence-electron chi connectivity index (χ1n) is 6.05. The molecule has 2 aromatic rings. The van der Waals surface area contributed by atoms with Crippen molar-refractivity contribution in [1.29, 1.82) is 0 Å². The molecule has 0 unspecified atom stereocenters. The van der Waals surface area contributed by atoms with E-state index in [9.17, 15) is 14.5 Å². The van der Waals surface area contributed by atoms with Gasteiger partial charge in [0.25, 0.3) is 0 Å². The van der Waals surface area contributed by atoms with Gasteiger partial charge in [0.15, 0.2) is 0 Å². The van der Waals surface area contributed by atoms with E-state index in [1.807, 2.05) is 0 Å². The number of benzene rings is 1. The maximum absolute atomic E-state index is 13.5. The number of hydrogen-bond acceptors (Lipinski definition) is 4. The summed E-state index contributed by atoms with van der Waals surface area (Å²) in [6.07, 6.45) is 1.38. The number of nitrogens with zero attached hydrogens (tertiary/aromatic N) is 3. The van der Waals surface area contributed by atoms with Crippen LogP contribution in [0.25, 0.3) is 0 Å². The van der Waals surface area contributed by atoms with Crippen LogP contribution >= 0.6 is 0 Å². The number of anilines is 1. The Labute approximate surface area is 115 Å². The summed E-state index contributed by atoms with van der Waals surface area (Å²) in [4.78, 5) is 14.0. The molecule has 7 heteroatoms. The van der Waals surface area contributed by atoms with Gasteiger partial charge in [-0.3, -0.25) is 4.57 Å². The fourth-order valence-corrected chi connectivity index (χ4v) is 2.08. The van der Waals surface area contributed by atoms with Crippen molar-refractivity contribution in [1.82, 2.24) is 9.55 Å². The van der Waals surface area contributed by atoms with E-state index in [0.717, 1.165) is 5.56 Å². The molecule has 1 aromatic carbocycles. The van der Waals surface area contributed by atoms with Crippen LogP contribution < -0.4 is 5.32 Å². The lowest BCUT2D eigenvalue weighted by molar-refractivity contribution is -0.388. The average Bonchev–Trinajstić information content (AvgIpc) is 2.74. The molecule has 1 aromatic heterocycles. The summed E-state index contributed by atoms with van der Waals surface area (Å²) < 4.78 is 15.1. The monoisotopic (exact) mass is 278 g/mol. The summed E-state index contributed by atoms with van der Waals surface area (Å²) >= 11 is 0. The van der Waals surface area contributed by atoms with Crippen LogP contribution in [0.1, 0.15) is 16.7 Å². The molecule has 2 rings (SSSR count). The minimum atomic E-state index is -0.538. The van der Waals surface area contributed by atoms with Crippen molar-refractivity contribution in [3.8, 4) is 0 Å². The zero-order valence-electron chi connectivity index (χ0n) is 11.5. The van der Waals surface area contributed by atoms with Gasteiger partial charge < -0.3 is 15.4 Å². The van der Waals surface area contributed by atoms with E-state index < -0.39 is 4.92 Å². The lowest BCUT2D eigenvalue weighted by atomic mass is 10.1. The molecule has 1 N–H and O–H groups in total. The number of halogens is 1. The van der Waals surface area contributed by atoms with Crippen molar-refractivity contribution < 1.29 is 9.31 Å². The number of aryl methyl sites for hydroxylation is 3. The second kappa shape index (κ2) is 5.28. The summed E-state index contributed by atoms with van der Waals surface area (Å²) in [6.45, 7) is 3.75. The Morgan fingerprint density at radius 1 is 1.40 bits per heavy atom. The molecular weight excluding hydrogens is 263 g/mol. The predicted molar refractivity (Wildman–Crippen MR) is 73.1 cm³/mol. The molecule has 0 saturated carbocycles. The third-order valence-electron chi connectivity index (χ3n) is 3.05. The van der Waals surface area contributed by atoms with Crippen LogP contribution in [0, 0.1) is 29.8 Å². The molecule has 20 heavy (non-hydrogen) atoms. The van der Waals surface area contributed by atoms with Crippen LogP contribution in [0.4, 0.5) is 16.0 Å². The van der Waals surface area contributed by atoms with Crippen molar-refractivity contribution in [2.24, 2.45) is 7.05 Å². The van der Waals surface area contributed by atoms with Crippen LogP contribution in [0.15, 0.2) is 18.5 Å². The topological polar surface area (TPSA) is 73.0 Å². The first kappa shape index (κ1) is 14.0. The highest BCUT2D eigenvalue weighted by Crippen LogP contribution is 2.22. The number of aromatic nitrogens is 2. The molecule has 0 radical (unpaired) electrons. The Balaban J connectivity index is 2.21. The van der Waals surface area contributed by atoms with Gasteiger partial charge in [-0.15, -0.1) is 0 Å². The zero-order chi connectivity index (χ0) is 14.9. The van der Waals surface area contributed by atoms with Gasteiger partial charge in [0.05, 0.1) is 0 Å². The van der Waals surface area contributed by atoms with E-state index in [1.54, 1.807) is 37.6 Å². The molecular formula is C13H15FN4O2. The number of hydrogen-bond donors (Lipinski definition) is 1. The van der Waals surface area contributed by atoms with E-state index in [2.05, 4.69) is 10.3 Å². The number of nitrogens with one attached hydrogen (secondary N) is 1. The third kappa shape index (κ3) is 2.61. The highest BCUT2D eigenvalue weighted by Gasteiger charge is 2.19. The Hall–Kier alpha value is -2.44. The molecule has 0 spiro atoms. The summed E-state index contributed by atoms with van der Waals surface area (Å²) in [5, 5.41) is 13.8. The van der Waals surface area contributed by atoms with Gasteiger partial charge in [-0.2, -0.15) is 0 Å². The molecule has 106 valence electrons. The van der Waals surface area contributed by atoms with Crippen molar-refractivity contribution in [3.05, 3.63) is 51.1 Å². The second-order valence-electron chi connectivity index (χ2n) is 4.68. The summed E-state index contributed by atoms with van der Waals surface area (Å²) in [6, 6.07) is 3.44. The van der Waals surface area contributed by atoms with E-state index in [-0.39, 0.29) is 11.6 Å². The molecule has 0 aliphatic carbocycles. The fourth-order valence-electron chi connectivity index (χ4n) is 2.08. The normalized spacial score (nSPS) is 10.6. The molecule has 0 fully saturated rings. The van der Waals surface area contributed by atoms with Gasteiger partial charge in [0.2, 0.25) is 12.1 Å². The van der Waals surface area contributed by atoms with E-state index in [0.29, 0.717) is 23.5 Å². The molecule has 0 atom stereocenters. The van der Waals surface area contributed by atoms with Gasteiger partial charge in [0, 0.05) is 13.6 Å². The molecule has 0 amide bonds. The van der Waals surface area contributed by atoms with Crippen molar-refractivity contribution in [3.63, 3.8) is 0 Å². The van der Waals surface area contributed by atoms with Crippen molar-refractivity contribution in [2.75, 3.05) is 5.32 Å². The van der Waals surface area contributed by atoms with Gasteiger partial charge in [-0.05, 0) is 40.4 Å². The second-order valence-corrected chi connectivity index (χ2v) is 4.68. The number of imidazole rings is 1. The maximum Gasteiger partial charge on any atom is 0.406 e. The molecule has 6 nitrogen and oxygen atoms in total. The fraction of sp³-hybridized carbons (Fsp3) is 0.308.